The Bertz CT molecular complexity index is 541. The second-order valence-electron chi connectivity index (χ2n) is 7.01. The normalized spacial score (nSPS) is 17.4. The lowest BCUT2D eigenvalue weighted by atomic mass is 10.0. The minimum atomic E-state index is -0.355. The highest BCUT2D eigenvalue weighted by Gasteiger charge is 2.40. The van der Waals surface area contributed by atoms with Gasteiger partial charge in [0.2, 0.25) is 0 Å². The second-order valence-corrected chi connectivity index (χ2v) is 7.01. The molecule has 4 nitrogen and oxygen atoms in total. The molecule has 23 heavy (non-hydrogen) atoms. The molecule has 0 radical (unpaired) electrons. The number of carbonyl (C=O) groups excluding carboxylic acids is 1. The Kier molecular flexibility index (Phi) is 4.90. The number of hydrogen-bond acceptors (Lipinski definition) is 4. The summed E-state index contributed by atoms with van der Waals surface area (Å²) >= 11 is 0. The summed E-state index contributed by atoms with van der Waals surface area (Å²) in [5.41, 5.74) is 3.43. The molecule has 3 rings (SSSR count). The molecule has 0 spiro atoms. The molecule has 1 N–H and O–H groups in total. The second kappa shape index (κ2) is 6.91. The Morgan fingerprint density at radius 3 is 2.22 bits per heavy atom. The van der Waals surface area contributed by atoms with E-state index in [4.69, 9.17) is 4.74 Å². The standard InChI is InChI=1S/C19H27NO3/c1-12-8-14(9-13(2)19(12)23-11-17(21)22-3)10-20-18(15-4-5-15)16-6-7-16/h8-9,15-16,18,20H,4-7,10-11H2,1-3H3. The Morgan fingerprint density at radius 2 is 1.74 bits per heavy atom. The first-order valence-corrected chi connectivity index (χ1v) is 8.61. The van der Waals surface area contributed by atoms with E-state index in [0.717, 1.165) is 35.3 Å². The first-order chi connectivity index (χ1) is 11.1. The highest BCUT2D eigenvalue weighted by atomic mass is 16.6. The van der Waals surface area contributed by atoms with Crippen LogP contribution in [0.1, 0.15) is 42.4 Å². The van der Waals surface area contributed by atoms with Gasteiger partial charge in [-0.2, -0.15) is 0 Å². The Morgan fingerprint density at radius 1 is 1.17 bits per heavy atom. The molecule has 0 unspecified atom stereocenters. The molecule has 2 saturated carbocycles. The van der Waals surface area contributed by atoms with E-state index in [1.165, 1.54) is 38.4 Å². The Balaban J connectivity index is 1.60. The molecule has 2 aliphatic carbocycles. The van der Waals surface area contributed by atoms with Crippen molar-refractivity contribution in [3.8, 4) is 5.75 Å². The van der Waals surface area contributed by atoms with Crippen LogP contribution in [0.5, 0.6) is 5.75 Å². The van der Waals surface area contributed by atoms with Gasteiger partial charge in [-0.1, -0.05) is 12.1 Å². The van der Waals surface area contributed by atoms with Crippen LogP contribution in [0, 0.1) is 25.7 Å². The zero-order valence-electron chi connectivity index (χ0n) is 14.4. The minimum absolute atomic E-state index is 0.0405. The summed E-state index contributed by atoms with van der Waals surface area (Å²) in [6.45, 7) is 4.93. The first-order valence-electron chi connectivity index (χ1n) is 8.61. The van der Waals surface area contributed by atoms with Crippen LogP contribution in [0.2, 0.25) is 0 Å². The molecule has 1 aromatic rings. The van der Waals surface area contributed by atoms with E-state index in [1.807, 2.05) is 13.8 Å². The van der Waals surface area contributed by atoms with Crippen LogP contribution >= 0.6 is 0 Å². The molecule has 4 heteroatoms. The molecule has 2 fully saturated rings. The SMILES string of the molecule is COC(=O)COc1c(C)cc(CNC(C2CC2)C2CC2)cc1C. The smallest absolute Gasteiger partial charge is 0.343 e. The third kappa shape index (κ3) is 4.25. The van der Waals surface area contributed by atoms with Crippen LogP contribution < -0.4 is 10.1 Å². The van der Waals surface area contributed by atoms with Gasteiger partial charge in [-0.3, -0.25) is 0 Å². The molecule has 0 atom stereocenters. The van der Waals surface area contributed by atoms with E-state index in [9.17, 15) is 4.79 Å². The van der Waals surface area contributed by atoms with Crippen LogP contribution in [0.4, 0.5) is 0 Å². The topological polar surface area (TPSA) is 47.6 Å². The van der Waals surface area contributed by atoms with E-state index in [0.29, 0.717) is 6.04 Å². The maximum absolute atomic E-state index is 11.2. The summed E-state index contributed by atoms with van der Waals surface area (Å²) < 4.78 is 10.2. The van der Waals surface area contributed by atoms with Gasteiger partial charge in [-0.15, -0.1) is 0 Å². The number of benzene rings is 1. The summed E-state index contributed by atoms with van der Waals surface area (Å²) in [5, 5.41) is 3.78. The van der Waals surface area contributed by atoms with Gasteiger partial charge in [0.15, 0.2) is 6.61 Å². The molecule has 1 aromatic carbocycles. The van der Waals surface area contributed by atoms with Crippen molar-refractivity contribution in [1.29, 1.82) is 0 Å². The number of hydrogen-bond donors (Lipinski definition) is 1. The highest BCUT2D eigenvalue weighted by molar-refractivity contribution is 5.71. The van der Waals surface area contributed by atoms with Gasteiger partial charge in [0.25, 0.3) is 0 Å². The average molecular weight is 317 g/mol. The van der Waals surface area contributed by atoms with Crippen LogP contribution in [0.25, 0.3) is 0 Å². The van der Waals surface area contributed by atoms with Crippen molar-refractivity contribution in [2.45, 2.75) is 52.1 Å². The summed E-state index contributed by atoms with van der Waals surface area (Å²) in [6, 6.07) is 5.03. The molecule has 0 aromatic heterocycles. The van der Waals surface area contributed by atoms with E-state index in [1.54, 1.807) is 0 Å². The quantitative estimate of drug-likeness (QED) is 0.748. The van der Waals surface area contributed by atoms with Crippen molar-refractivity contribution < 1.29 is 14.3 Å². The van der Waals surface area contributed by atoms with Crippen molar-refractivity contribution >= 4 is 5.97 Å². The lowest BCUT2D eigenvalue weighted by Gasteiger charge is -2.19. The van der Waals surface area contributed by atoms with Gasteiger partial charge in [0, 0.05) is 12.6 Å². The zero-order chi connectivity index (χ0) is 16.4. The summed E-state index contributed by atoms with van der Waals surface area (Å²) in [4.78, 5) is 11.2. The van der Waals surface area contributed by atoms with E-state index >= 15 is 0 Å². The third-order valence-electron chi connectivity index (χ3n) is 4.88. The highest BCUT2D eigenvalue weighted by Crippen LogP contribution is 2.44. The molecular formula is C19H27NO3. The molecular weight excluding hydrogens is 290 g/mol. The number of carbonyl (C=O) groups is 1. The largest absolute Gasteiger partial charge is 0.481 e. The van der Waals surface area contributed by atoms with Gasteiger partial charge in [-0.25, -0.2) is 4.79 Å². The van der Waals surface area contributed by atoms with Crippen LogP contribution in [0.15, 0.2) is 12.1 Å². The molecule has 126 valence electrons. The van der Waals surface area contributed by atoms with Gasteiger partial charge >= 0.3 is 5.97 Å². The number of nitrogens with one attached hydrogen (secondary N) is 1. The fourth-order valence-corrected chi connectivity index (χ4v) is 3.42. The fourth-order valence-electron chi connectivity index (χ4n) is 3.42. The maximum Gasteiger partial charge on any atom is 0.343 e. The van der Waals surface area contributed by atoms with Gasteiger partial charge in [0.1, 0.15) is 5.75 Å². The number of aryl methyl sites for hydroxylation is 2. The van der Waals surface area contributed by atoms with Gasteiger partial charge in [0.05, 0.1) is 7.11 Å². The maximum atomic E-state index is 11.2. The number of rotatable bonds is 8. The third-order valence-corrected chi connectivity index (χ3v) is 4.88. The first kappa shape index (κ1) is 16.3. The lowest BCUT2D eigenvalue weighted by molar-refractivity contribution is -0.142. The number of esters is 1. The Labute approximate surface area is 138 Å². The average Bonchev–Trinajstić information content (AvgIpc) is 3.39. The van der Waals surface area contributed by atoms with Crippen LogP contribution in [0.3, 0.4) is 0 Å². The van der Waals surface area contributed by atoms with Crippen molar-refractivity contribution in [2.75, 3.05) is 13.7 Å². The van der Waals surface area contributed by atoms with Gasteiger partial charge in [-0.05, 0) is 68.1 Å². The van der Waals surface area contributed by atoms with E-state index < -0.39 is 0 Å². The van der Waals surface area contributed by atoms with Crippen LogP contribution in [-0.4, -0.2) is 25.7 Å². The van der Waals surface area contributed by atoms with Crippen LogP contribution in [-0.2, 0) is 16.1 Å². The van der Waals surface area contributed by atoms with Gasteiger partial charge < -0.3 is 14.8 Å². The number of methoxy groups -OCH3 is 1. The predicted molar refractivity (Wildman–Crippen MR) is 89.5 cm³/mol. The lowest BCUT2D eigenvalue weighted by Crippen LogP contribution is -2.32. The van der Waals surface area contributed by atoms with Crippen molar-refractivity contribution in [3.63, 3.8) is 0 Å². The minimum Gasteiger partial charge on any atom is -0.481 e. The fraction of sp³-hybridized carbons (Fsp3) is 0.632. The van der Waals surface area contributed by atoms with Crippen molar-refractivity contribution in [3.05, 3.63) is 28.8 Å². The molecule has 2 aliphatic rings. The molecule has 0 heterocycles. The number of ether oxygens (including phenoxy) is 2. The van der Waals surface area contributed by atoms with E-state index in [-0.39, 0.29) is 12.6 Å². The molecule has 0 amide bonds. The summed E-state index contributed by atoms with van der Waals surface area (Å²) in [5.74, 6) is 2.26. The molecule has 0 aliphatic heterocycles. The summed E-state index contributed by atoms with van der Waals surface area (Å²) in [6.07, 6.45) is 5.58. The monoisotopic (exact) mass is 317 g/mol. The molecule has 0 bridgehead atoms. The molecule has 0 saturated heterocycles. The predicted octanol–water partition coefficient (Wildman–Crippen LogP) is 3.13. The zero-order valence-corrected chi connectivity index (χ0v) is 14.4. The summed E-state index contributed by atoms with van der Waals surface area (Å²) in [7, 11) is 1.37. The van der Waals surface area contributed by atoms with Crippen molar-refractivity contribution in [2.24, 2.45) is 11.8 Å². The van der Waals surface area contributed by atoms with E-state index in [2.05, 4.69) is 22.2 Å². The van der Waals surface area contributed by atoms with Crippen molar-refractivity contribution in [1.82, 2.24) is 5.32 Å². The Hall–Kier alpha value is -1.55.